The molecule has 0 bridgehead atoms. The second kappa shape index (κ2) is 6.54. The predicted molar refractivity (Wildman–Crippen MR) is 69.5 cm³/mol. The third kappa shape index (κ3) is 5.72. The topological polar surface area (TPSA) is 86.7 Å². The van der Waals surface area contributed by atoms with E-state index in [4.69, 9.17) is 5.11 Å². The number of carbonyl (C=O) groups excluding carboxylic acids is 2. The SMILES string of the molecule is CC(C)(CC(=O)O)CC(=O)NCC(=O)N1CCCC1. The maximum atomic E-state index is 11.7. The van der Waals surface area contributed by atoms with Crippen LogP contribution in [0.25, 0.3) is 0 Å². The third-order valence-corrected chi connectivity index (χ3v) is 3.16. The second-order valence-corrected chi connectivity index (χ2v) is 5.78. The van der Waals surface area contributed by atoms with E-state index in [1.807, 2.05) is 0 Å². The number of hydrogen-bond donors (Lipinski definition) is 2. The van der Waals surface area contributed by atoms with E-state index in [-0.39, 0.29) is 31.2 Å². The number of hydrogen-bond acceptors (Lipinski definition) is 3. The van der Waals surface area contributed by atoms with Crippen LogP contribution in [-0.4, -0.2) is 47.4 Å². The van der Waals surface area contributed by atoms with E-state index < -0.39 is 11.4 Å². The van der Waals surface area contributed by atoms with Crippen LogP contribution < -0.4 is 5.32 Å². The fraction of sp³-hybridized carbons (Fsp3) is 0.769. The molecule has 0 radical (unpaired) electrons. The lowest BCUT2D eigenvalue weighted by Crippen LogP contribution is -2.40. The molecule has 0 aliphatic carbocycles. The average molecular weight is 270 g/mol. The van der Waals surface area contributed by atoms with Gasteiger partial charge in [-0.15, -0.1) is 0 Å². The minimum absolute atomic E-state index is 0.00197. The molecule has 1 fully saturated rings. The minimum atomic E-state index is -0.925. The normalized spacial score (nSPS) is 15.4. The lowest BCUT2D eigenvalue weighted by atomic mass is 9.85. The molecule has 6 heteroatoms. The number of carboxylic acids is 1. The first kappa shape index (κ1) is 15.5. The summed E-state index contributed by atoms with van der Waals surface area (Å²) in [5.74, 6) is -1.27. The van der Waals surface area contributed by atoms with Gasteiger partial charge in [-0.25, -0.2) is 0 Å². The Morgan fingerprint density at radius 1 is 1.16 bits per heavy atom. The quantitative estimate of drug-likeness (QED) is 0.740. The van der Waals surface area contributed by atoms with E-state index in [0.29, 0.717) is 0 Å². The van der Waals surface area contributed by atoms with Gasteiger partial charge in [-0.2, -0.15) is 0 Å². The summed E-state index contributed by atoms with van der Waals surface area (Å²) in [5, 5.41) is 11.3. The zero-order valence-corrected chi connectivity index (χ0v) is 11.6. The van der Waals surface area contributed by atoms with Crippen molar-refractivity contribution < 1.29 is 19.5 Å². The predicted octanol–water partition coefficient (Wildman–Crippen LogP) is 0.616. The van der Waals surface area contributed by atoms with E-state index in [1.54, 1.807) is 18.7 Å². The van der Waals surface area contributed by atoms with Crippen LogP contribution in [0.3, 0.4) is 0 Å². The molecular formula is C13H22N2O4. The molecule has 19 heavy (non-hydrogen) atoms. The van der Waals surface area contributed by atoms with Gasteiger partial charge in [0, 0.05) is 19.5 Å². The molecule has 108 valence electrons. The highest BCUT2D eigenvalue weighted by Crippen LogP contribution is 2.24. The summed E-state index contributed by atoms with van der Waals surface area (Å²) in [4.78, 5) is 35.8. The first-order chi connectivity index (χ1) is 8.80. The van der Waals surface area contributed by atoms with E-state index in [9.17, 15) is 14.4 Å². The highest BCUT2D eigenvalue weighted by Gasteiger charge is 2.26. The Morgan fingerprint density at radius 3 is 2.26 bits per heavy atom. The molecule has 1 heterocycles. The summed E-state index contributed by atoms with van der Waals surface area (Å²) in [6.45, 7) is 4.98. The number of nitrogens with one attached hydrogen (secondary N) is 1. The highest BCUT2D eigenvalue weighted by molar-refractivity contribution is 5.85. The van der Waals surface area contributed by atoms with Crippen LogP contribution in [0.4, 0.5) is 0 Å². The summed E-state index contributed by atoms with van der Waals surface area (Å²) in [6, 6.07) is 0. The largest absolute Gasteiger partial charge is 0.481 e. The smallest absolute Gasteiger partial charge is 0.303 e. The zero-order valence-electron chi connectivity index (χ0n) is 11.6. The van der Waals surface area contributed by atoms with Crippen molar-refractivity contribution in [3.8, 4) is 0 Å². The van der Waals surface area contributed by atoms with Gasteiger partial charge < -0.3 is 15.3 Å². The van der Waals surface area contributed by atoms with Crippen LogP contribution in [0.15, 0.2) is 0 Å². The molecular weight excluding hydrogens is 248 g/mol. The van der Waals surface area contributed by atoms with E-state index in [2.05, 4.69) is 5.32 Å². The molecule has 1 aliphatic heterocycles. The maximum Gasteiger partial charge on any atom is 0.303 e. The van der Waals surface area contributed by atoms with E-state index >= 15 is 0 Å². The zero-order chi connectivity index (χ0) is 14.5. The van der Waals surface area contributed by atoms with Crippen molar-refractivity contribution in [3.63, 3.8) is 0 Å². The molecule has 0 saturated carbocycles. The molecule has 0 atom stereocenters. The number of likely N-dealkylation sites (tertiary alicyclic amines) is 1. The molecule has 0 unspecified atom stereocenters. The number of aliphatic carboxylic acids is 1. The summed E-state index contributed by atoms with van der Waals surface area (Å²) in [5.41, 5.74) is -0.605. The summed E-state index contributed by atoms with van der Waals surface area (Å²) in [7, 11) is 0. The third-order valence-electron chi connectivity index (χ3n) is 3.16. The number of carbonyl (C=O) groups is 3. The molecule has 1 rings (SSSR count). The van der Waals surface area contributed by atoms with Crippen molar-refractivity contribution in [3.05, 3.63) is 0 Å². The molecule has 2 N–H and O–H groups in total. The molecule has 1 aliphatic rings. The second-order valence-electron chi connectivity index (χ2n) is 5.78. The number of nitrogens with zero attached hydrogens (tertiary/aromatic N) is 1. The standard InChI is InChI=1S/C13H22N2O4/c1-13(2,8-12(18)19)7-10(16)14-9-11(17)15-5-3-4-6-15/h3-9H2,1-2H3,(H,14,16)(H,18,19). The average Bonchev–Trinajstić information content (AvgIpc) is 2.76. The molecule has 0 aromatic carbocycles. The van der Waals surface area contributed by atoms with Crippen LogP contribution in [-0.2, 0) is 14.4 Å². The number of rotatable bonds is 6. The summed E-state index contributed by atoms with van der Waals surface area (Å²) < 4.78 is 0. The van der Waals surface area contributed by atoms with Gasteiger partial charge in [0.15, 0.2) is 0 Å². The van der Waals surface area contributed by atoms with Crippen LogP contribution in [0, 0.1) is 5.41 Å². The fourth-order valence-electron chi connectivity index (χ4n) is 2.22. The van der Waals surface area contributed by atoms with Crippen LogP contribution >= 0.6 is 0 Å². The monoisotopic (exact) mass is 270 g/mol. The molecule has 1 saturated heterocycles. The lowest BCUT2D eigenvalue weighted by Gasteiger charge is -2.22. The van der Waals surface area contributed by atoms with Gasteiger partial charge in [0.2, 0.25) is 11.8 Å². The molecule has 0 spiro atoms. The number of amides is 2. The molecule has 0 aromatic rings. The van der Waals surface area contributed by atoms with Gasteiger partial charge >= 0.3 is 5.97 Å². The fourth-order valence-corrected chi connectivity index (χ4v) is 2.22. The van der Waals surface area contributed by atoms with Gasteiger partial charge in [-0.1, -0.05) is 13.8 Å². The van der Waals surface area contributed by atoms with E-state index in [0.717, 1.165) is 25.9 Å². The number of carboxylic acid groups (broad SMARTS) is 1. The Labute approximate surface area is 113 Å². The van der Waals surface area contributed by atoms with Crippen molar-refractivity contribution in [1.82, 2.24) is 10.2 Å². The van der Waals surface area contributed by atoms with Crippen molar-refractivity contribution in [2.24, 2.45) is 5.41 Å². The van der Waals surface area contributed by atoms with Crippen LogP contribution in [0.2, 0.25) is 0 Å². The van der Waals surface area contributed by atoms with Crippen molar-refractivity contribution >= 4 is 17.8 Å². The van der Waals surface area contributed by atoms with Crippen molar-refractivity contribution in [1.29, 1.82) is 0 Å². The molecule has 0 aromatic heterocycles. The minimum Gasteiger partial charge on any atom is -0.481 e. The molecule has 6 nitrogen and oxygen atoms in total. The summed E-state index contributed by atoms with van der Waals surface area (Å²) in [6.07, 6.45) is 2.07. The van der Waals surface area contributed by atoms with Gasteiger partial charge in [0.25, 0.3) is 0 Å². The first-order valence-electron chi connectivity index (χ1n) is 6.56. The lowest BCUT2D eigenvalue weighted by molar-refractivity contribution is -0.140. The Hall–Kier alpha value is -1.59. The Morgan fingerprint density at radius 2 is 1.74 bits per heavy atom. The van der Waals surface area contributed by atoms with Gasteiger partial charge in [-0.3, -0.25) is 14.4 Å². The van der Waals surface area contributed by atoms with Crippen molar-refractivity contribution in [2.45, 2.75) is 39.5 Å². The highest BCUT2D eigenvalue weighted by atomic mass is 16.4. The van der Waals surface area contributed by atoms with Gasteiger partial charge in [0.1, 0.15) is 0 Å². The van der Waals surface area contributed by atoms with Crippen LogP contribution in [0.5, 0.6) is 0 Å². The van der Waals surface area contributed by atoms with Gasteiger partial charge in [0.05, 0.1) is 13.0 Å². The Balaban J connectivity index is 2.30. The Bertz CT molecular complexity index is 360. The van der Waals surface area contributed by atoms with Crippen LogP contribution in [0.1, 0.15) is 39.5 Å². The summed E-state index contributed by atoms with van der Waals surface area (Å²) >= 11 is 0. The first-order valence-corrected chi connectivity index (χ1v) is 6.56. The maximum absolute atomic E-state index is 11.7. The molecule has 2 amide bonds. The van der Waals surface area contributed by atoms with E-state index in [1.165, 1.54) is 0 Å². The Kier molecular flexibility index (Phi) is 5.32. The van der Waals surface area contributed by atoms with Gasteiger partial charge in [-0.05, 0) is 18.3 Å². The van der Waals surface area contributed by atoms with Crippen molar-refractivity contribution in [2.75, 3.05) is 19.6 Å².